The first-order valence-corrected chi connectivity index (χ1v) is 10.1. The normalized spacial score (nSPS) is 13.4. The summed E-state index contributed by atoms with van der Waals surface area (Å²) in [5.41, 5.74) is 1.19. The quantitative estimate of drug-likeness (QED) is 0.421. The molecule has 0 saturated carbocycles. The Hall–Kier alpha value is -1.19. The molecule has 0 fully saturated rings. The molecule has 0 saturated heterocycles. The molecule has 0 aliphatic carbocycles. The van der Waals surface area contributed by atoms with Crippen LogP contribution in [-0.2, 0) is 9.22 Å². The van der Waals surface area contributed by atoms with Crippen LogP contribution in [0, 0.1) is 0 Å². The number of hydrogen-bond donors (Lipinski definition) is 0. The molecule has 0 amide bonds. The predicted octanol–water partition coefficient (Wildman–Crippen LogP) is 5.25. The maximum Gasteiger partial charge on any atom is 0.240 e. The van der Waals surface area contributed by atoms with Crippen LogP contribution in [0.15, 0.2) is 41.5 Å². The van der Waals surface area contributed by atoms with Crippen LogP contribution in [0.5, 0.6) is 0 Å². The van der Waals surface area contributed by atoms with Crippen molar-refractivity contribution in [2.24, 2.45) is 4.99 Å². The highest BCUT2D eigenvalue weighted by atomic mass is 35.5. The molecular formula is C16H22ClNO2Si. The number of benzene rings is 1. The molecule has 0 heterocycles. The van der Waals surface area contributed by atoms with E-state index in [1.807, 2.05) is 18.2 Å². The van der Waals surface area contributed by atoms with Crippen molar-refractivity contribution in [2.75, 3.05) is 0 Å². The molecule has 1 unspecified atom stereocenters. The van der Waals surface area contributed by atoms with Gasteiger partial charge in [-0.3, -0.25) is 0 Å². The number of rotatable bonds is 5. The molecule has 0 bridgehead atoms. The van der Waals surface area contributed by atoms with Gasteiger partial charge in [0.25, 0.3) is 0 Å². The van der Waals surface area contributed by atoms with Crippen LogP contribution in [0.4, 0.5) is 0 Å². The van der Waals surface area contributed by atoms with Gasteiger partial charge in [0.05, 0.1) is 5.70 Å². The van der Waals surface area contributed by atoms with E-state index < -0.39 is 14.4 Å². The van der Waals surface area contributed by atoms with Crippen molar-refractivity contribution in [3.63, 3.8) is 0 Å². The van der Waals surface area contributed by atoms with Crippen molar-refractivity contribution in [3.8, 4) is 0 Å². The highest BCUT2D eigenvalue weighted by Crippen LogP contribution is 2.41. The van der Waals surface area contributed by atoms with Crippen LogP contribution in [0.1, 0.15) is 32.4 Å². The van der Waals surface area contributed by atoms with Crippen molar-refractivity contribution in [3.05, 3.63) is 47.1 Å². The topological polar surface area (TPSA) is 38.7 Å². The van der Waals surface area contributed by atoms with Crippen molar-refractivity contribution in [2.45, 2.75) is 45.0 Å². The van der Waals surface area contributed by atoms with Crippen molar-refractivity contribution in [1.82, 2.24) is 0 Å². The fourth-order valence-electron chi connectivity index (χ4n) is 1.59. The lowest BCUT2D eigenvalue weighted by Crippen LogP contribution is -2.42. The van der Waals surface area contributed by atoms with E-state index in [0.717, 1.165) is 5.56 Å². The molecule has 114 valence electrons. The second kappa shape index (κ2) is 6.71. The standard InChI is InChI=1S/C16H22ClNO2Si/c1-12(18-11-19)15(13-8-7-9-14(17)10-13)20-21(5,6)16(2,3)4/h7-10,15H,1H2,2-6H3. The summed E-state index contributed by atoms with van der Waals surface area (Å²) in [6.45, 7) is 14.6. The van der Waals surface area contributed by atoms with Gasteiger partial charge >= 0.3 is 0 Å². The lowest BCUT2D eigenvalue weighted by atomic mass is 10.1. The smallest absolute Gasteiger partial charge is 0.240 e. The number of carbonyl (C=O) groups excluding carboxylic acids is 1. The van der Waals surface area contributed by atoms with Crippen LogP contribution in [0.25, 0.3) is 0 Å². The maximum absolute atomic E-state index is 10.6. The Morgan fingerprint density at radius 3 is 2.52 bits per heavy atom. The lowest BCUT2D eigenvalue weighted by Gasteiger charge is -2.39. The van der Waals surface area contributed by atoms with E-state index in [-0.39, 0.29) is 5.04 Å². The third kappa shape index (κ3) is 4.65. The molecule has 0 radical (unpaired) electrons. The van der Waals surface area contributed by atoms with E-state index >= 15 is 0 Å². The van der Waals surface area contributed by atoms with E-state index in [1.54, 1.807) is 6.07 Å². The summed E-state index contributed by atoms with van der Waals surface area (Å²) in [4.78, 5) is 14.2. The number of halogens is 1. The first-order valence-electron chi connectivity index (χ1n) is 6.78. The van der Waals surface area contributed by atoms with Gasteiger partial charge in [-0.05, 0) is 35.8 Å². The molecule has 1 atom stereocenters. The Morgan fingerprint density at radius 2 is 2.05 bits per heavy atom. The highest BCUT2D eigenvalue weighted by molar-refractivity contribution is 6.74. The maximum atomic E-state index is 10.6. The Labute approximate surface area is 132 Å². The van der Waals surface area contributed by atoms with Gasteiger partial charge in [-0.1, -0.05) is 51.1 Å². The Kier molecular flexibility index (Phi) is 5.71. The summed E-state index contributed by atoms with van der Waals surface area (Å²) in [6, 6.07) is 7.35. The first-order chi connectivity index (χ1) is 9.58. The molecule has 0 N–H and O–H groups in total. The monoisotopic (exact) mass is 323 g/mol. The van der Waals surface area contributed by atoms with Crippen molar-refractivity contribution < 1.29 is 9.22 Å². The highest BCUT2D eigenvalue weighted by Gasteiger charge is 2.40. The zero-order valence-corrected chi connectivity index (χ0v) is 15.0. The molecule has 3 nitrogen and oxygen atoms in total. The van der Waals surface area contributed by atoms with Gasteiger partial charge in [0.2, 0.25) is 6.08 Å². The van der Waals surface area contributed by atoms with Gasteiger partial charge in [-0.2, -0.15) is 4.99 Å². The summed E-state index contributed by atoms with van der Waals surface area (Å²) < 4.78 is 6.37. The molecule has 21 heavy (non-hydrogen) atoms. The zero-order chi connectivity index (χ0) is 16.3. The minimum absolute atomic E-state index is 0.0367. The largest absolute Gasteiger partial charge is 0.404 e. The average Bonchev–Trinajstić information content (AvgIpc) is 2.34. The predicted molar refractivity (Wildman–Crippen MR) is 89.7 cm³/mol. The molecule has 1 aromatic rings. The van der Waals surface area contributed by atoms with E-state index in [4.69, 9.17) is 16.0 Å². The summed E-state index contributed by atoms with van der Waals surface area (Å²) in [5.74, 6) is 0. The van der Waals surface area contributed by atoms with Gasteiger partial charge in [0.15, 0.2) is 8.32 Å². The van der Waals surface area contributed by atoms with Gasteiger partial charge in [-0.15, -0.1) is 0 Å². The molecule has 1 rings (SSSR count). The van der Waals surface area contributed by atoms with Crippen LogP contribution < -0.4 is 0 Å². The van der Waals surface area contributed by atoms with E-state index in [9.17, 15) is 4.79 Å². The third-order valence-electron chi connectivity index (χ3n) is 3.86. The van der Waals surface area contributed by atoms with Crippen molar-refractivity contribution >= 4 is 26.0 Å². The van der Waals surface area contributed by atoms with Gasteiger partial charge < -0.3 is 4.43 Å². The average molecular weight is 324 g/mol. The van der Waals surface area contributed by atoms with Crippen molar-refractivity contribution in [1.29, 1.82) is 0 Å². The minimum atomic E-state index is -2.05. The number of aliphatic imine (C=N–C) groups is 1. The molecule has 0 aliphatic heterocycles. The molecule has 1 aromatic carbocycles. The molecule has 0 spiro atoms. The third-order valence-corrected chi connectivity index (χ3v) is 8.53. The summed E-state index contributed by atoms with van der Waals surface area (Å²) in [7, 11) is -2.05. The van der Waals surface area contributed by atoms with E-state index in [0.29, 0.717) is 10.7 Å². The van der Waals surface area contributed by atoms with Gasteiger partial charge in [0.1, 0.15) is 6.10 Å². The summed E-state index contributed by atoms with van der Waals surface area (Å²) in [6.07, 6.45) is 1.05. The summed E-state index contributed by atoms with van der Waals surface area (Å²) in [5, 5.41) is 0.647. The minimum Gasteiger partial charge on any atom is -0.404 e. The fourth-order valence-corrected chi connectivity index (χ4v) is 3.00. The second-order valence-corrected chi connectivity index (χ2v) is 11.7. The van der Waals surface area contributed by atoms with Crippen LogP contribution >= 0.6 is 11.6 Å². The lowest BCUT2D eigenvalue weighted by molar-refractivity contribution is 0.217. The number of hydrogen-bond acceptors (Lipinski definition) is 3. The Bertz CT molecular complexity index is 572. The van der Waals surface area contributed by atoms with Gasteiger partial charge in [-0.25, -0.2) is 4.79 Å². The van der Waals surface area contributed by atoms with Gasteiger partial charge in [0, 0.05) is 5.02 Å². The molecular weight excluding hydrogens is 302 g/mol. The first kappa shape index (κ1) is 17.9. The van der Waals surface area contributed by atoms with Crippen LogP contribution in [0.2, 0.25) is 23.2 Å². The fraction of sp³-hybridized carbons (Fsp3) is 0.438. The SMILES string of the molecule is C=C(N=C=O)C(O[Si](C)(C)C(C)(C)C)c1cccc(Cl)c1. The van der Waals surface area contributed by atoms with E-state index in [1.165, 1.54) is 6.08 Å². The van der Waals surface area contributed by atoms with E-state index in [2.05, 4.69) is 45.4 Å². The van der Waals surface area contributed by atoms with Crippen LogP contribution in [-0.4, -0.2) is 14.4 Å². The Balaban J connectivity index is 3.22. The Morgan fingerprint density at radius 1 is 1.43 bits per heavy atom. The van der Waals surface area contributed by atoms with Crippen LogP contribution in [0.3, 0.4) is 0 Å². The molecule has 0 aromatic heterocycles. The summed E-state index contributed by atoms with van der Waals surface area (Å²) >= 11 is 6.05. The number of isocyanates is 1. The molecule has 0 aliphatic rings. The number of nitrogens with zero attached hydrogens (tertiary/aromatic N) is 1. The second-order valence-electron chi connectivity index (χ2n) is 6.51. The molecule has 5 heteroatoms. The zero-order valence-electron chi connectivity index (χ0n) is 13.2.